The average Bonchev–Trinajstić information content (AvgIpc) is 2.50. The van der Waals surface area contributed by atoms with Gasteiger partial charge in [0.1, 0.15) is 0 Å². The van der Waals surface area contributed by atoms with Crippen LogP contribution in [-0.4, -0.2) is 11.5 Å². The highest BCUT2D eigenvalue weighted by Crippen LogP contribution is 2.21. The molecule has 0 aliphatic carbocycles. The lowest BCUT2D eigenvalue weighted by Gasteiger charge is -2.10. The number of anilines is 2. The number of para-hydroxylation sites is 1. The number of benzene rings is 2. The first-order chi connectivity index (χ1) is 10.2. The van der Waals surface area contributed by atoms with Gasteiger partial charge in [-0.25, -0.2) is 0 Å². The van der Waals surface area contributed by atoms with E-state index in [9.17, 15) is 0 Å². The molecule has 0 atom stereocenters. The number of nitrogens with zero attached hydrogens (tertiary/aromatic N) is 1. The molecule has 0 saturated carbocycles. The number of aromatic nitrogens is 1. The van der Waals surface area contributed by atoms with Crippen LogP contribution in [0.3, 0.4) is 0 Å². The summed E-state index contributed by atoms with van der Waals surface area (Å²) >= 11 is 2.30. The van der Waals surface area contributed by atoms with Gasteiger partial charge in [-0.15, -0.1) is 0 Å². The number of nitrogen functional groups attached to an aromatic ring is 1. The highest BCUT2D eigenvalue weighted by molar-refractivity contribution is 14.1. The fourth-order valence-electron chi connectivity index (χ4n) is 2.38. The molecule has 106 valence electrons. The molecule has 1 aromatic heterocycles. The number of hydrogen-bond donors (Lipinski definition) is 2. The minimum absolute atomic E-state index is 0.795. The Morgan fingerprint density at radius 3 is 2.81 bits per heavy atom. The summed E-state index contributed by atoms with van der Waals surface area (Å²) in [5.74, 6) is 0. The van der Waals surface area contributed by atoms with Gasteiger partial charge in [-0.2, -0.15) is 0 Å². The lowest BCUT2D eigenvalue weighted by atomic mass is 10.1. The van der Waals surface area contributed by atoms with Crippen LogP contribution < -0.4 is 11.1 Å². The zero-order chi connectivity index (χ0) is 14.7. The Bertz CT molecular complexity index is 766. The van der Waals surface area contributed by atoms with Crippen LogP contribution in [0, 0.1) is 3.57 Å². The predicted octanol–water partition coefficient (Wildman–Crippen LogP) is 4.08. The molecule has 1 heterocycles. The summed E-state index contributed by atoms with van der Waals surface area (Å²) in [7, 11) is 0. The SMILES string of the molecule is Nc1ccc(NCCc2cccc3cccnc23)c(I)c1. The predicted molar refractivity (Wildman–Crippen MR) is 97.5 cm³/mol. The fraction of sp³-hybridized carbons (Fsp3) is 0.118. The maximum atomic E-state index is 5.77. The van der Waals surface area contributed by atoms with Gasteiger partial charge in [-0.1, -0.05) is 24.3 Å². The Morgan fingerprint density at radius 2 is 1.95 bits per heavy atom. The molecule has 21 heavy (non-hydrogen) atoms. The Morgan fingerprint density at radius 1 is 1.10 bits per heavy atom. The van der Waals surface area contributed by atoms with Crippen molar-refractivity contribution >= 4 is 44.9 Å². The summed E-state index contributed by atoms with van der Waals surface area (Å²) in [4.78, 5) is 4.49. The second-order valence-corrected chi connectivity index (χ2v) is 6.07. The third-order valence-electron chi connectivity index (χ3n) is 3.42. The lowest BCUT2D eigenvalue weighted by Crippen LogP contribution is -2.07. The van der Waals surface area contributed by atoms with Crippen LogP contribution in [0.5, 0.6) is 0 Å². The molecule has 0 fully saturated rings. The largest absolute Gasteiger partial charge is 0.399 e. The summed E-state index contributed by atoms with van der Waals surface area (Å²) < 4.78 is 1.14. The van der Waals surface area contributed by atoms with E-state index in [2.05, 4.69) is 57.2 Å². The van der Waals surface area contributed by atoms with Gasteiger partial charge in [-0.3, -0.25) is 4.98 Å². The van der Waals surface area contributed by atoms with Gasteiger partial charge >= 0.3 is 0 Å². The Hall–Kier alpha value is -1.82. The van der Waals surface area contributed by atoms with E-state index in [1.807, 2.05) is 30.5 Å². The van der Waals surface area contributed by atoms with Crippen LogP contribution in [0.15, 0.2) is 54.7 Å². The minimum Gasteiger partial charge on any atom is -0.399 e. The first-order valence-corrected chi connectivity index (χ1v) is 7.93. The van der Waals surface area contributed by atoms with Crippen LogP contribution in [0.25, 0.3) is 10.9 Å². The molecular weight excluding hydrogens is 373 g/mol. The van der Waals surface area contributed by atoms with Crippen LogP contribution in [0.1, 0.15) is 5.56 Å². The lowest BCUT2D eigenvalue weighted by molar-refractivity contribution is 1.02. The number of rotatable bonds is 4. The third kappa shape index (κ3) is 3.26. The van der Waals surface area contributed by atoms with Crippen molar-refractivity contribution in [1.82, 2.24) is 4.98 Å². The van der Waals surface area contributed by atoms with E-state index in [4.69, 9.17) is 5.73 Å². The number of fused-ring (bicyclic) bond motifs is 1. The smallest absolute Gasteiger partial charge is 0.0734 e. The van der Waals surface area contributed by atoms with Gasteiger partial charge in [0.25, 0.3) is 0 Å². The zero-order valence-corrected chi connectivity index (χ0v) is 13.7. The standard InChI is InChI=1S/C17H16IN3/c18-15-11-14(19)6-7-16(15)20-10-8-13-4-1-3-12-5-2-9-21-17(12)13/h1-7,9,11,20H,8,10,19H2. The molecule has 0 amide bonds. The summed E-state index contributed by atoms with van der Waals surface area (Å²) in [5, 5.41) is 4.65. The van der Waals surface area contributed by atoms with Gasteiger partial charge < -0.3 is 11.1 Å². The number of halogens is 1. The first kappa shape index (κ1) is 14.1. The van der Waals surface area contributed by atoms with Gasteiger partial charge in [0.2, 0.25) is 0 Å². The van der Waals surface area contributed by atoms with Crippen molar-refractivity contribution in [3.05, 3.63) is 63.9 Å². The van der Waals surface area contributed by atoms with E-state index in [1.54, 1.807) is 0 Å². The molecule has 0 bridgehead atoms. The molecule has 2 aromatic carbocycles. The van der Waals surface area contributed by atoms with Crippen molar-refractivity contribution in [2.24, 2.45) is 0 Å². The molecule has 0 radical (unpaired) electrons. The van der Waals surface area contributed by atoms with Crippen molar-refractivity contribution in [3.63, 3.8) is 0 Å². The quantitative estimate of drug-likeness (QED) is 0.523. The molecule has 3 nitrogen and oxygen atoms in total. The van der Waals surface area contributed by atoms with Crippen LogP contribution in [-0.2, 0) is 6.42 Å². The highest BCUT2D eigenvalue weighted by atomic mass is 127. The topological polar surface area (TPSA) is 50.9 Å². The summed E-state index contributed by atoms with van der Waals surface area (Å²) in [6, 6.07) is 16.3. The van der Waals surface area contributed by atoms with E-state index < -0.39 is 0 Å². The highest BCUT2D eigenvalue weighted by Gasteiger charge is 2.03. The van der Waals surface area contributed by atoms with Crippen molar-refractivity contribution in [2.75, 3.05) is 17.6 Å². The van der Waals surface area contributed by atoms with E-state index in [0.717, 1.165) is 33.4 Å². The van der Waals surface area contributed by atoms with E-state index >= 15 is 0 Å². The first-order valence-electron chi connectivity index (χ1n) is 6.85. The summed E-state index contributed by atoms with van der Waals surface area (Å²) in [5.41, 5.74) is 10.0. The number of nitrogens with one attached hydrogen (secondary N) is 1. The second-order valence-electron chi connectivity index (χ2n) is 4.91. The number of nitrogens with two attached hydrogens (primary N) is 1. The zero-order valence-electron chi connectivity index (χ0n) is 11.5. The van der Waals surface area contributed by atoms with Gasteiger partial charge in [0.15, 0.2) is 0 Å². The Kier molecular flexibility index (Phi) is 4.24. The summed E-state index contributed by atoms with van der Waals surface area (Å²) in [6.07, 6.45) is 2.79. The minimum atomic E-state index is 0.795. The average molecular weight is 389 g/mol. The molecule has 3 aromatic rings. The van der Waals surface area contributed by atoms with Crippen molar-refractivity contribution in [1.29, 1.82) is 0 Å². The van der Waals surface area contributed by atoms with Gasteiger partial charge in [0.05, 0.1) is 5.52 Å². The normalized spacial score (nSPS) is 10.7. The molecule has 3 N–H and O–H groups in total. The monoisotopic (exact) mass is 389 g/mol. The fourth-order valence-corrected chi connectivity index (χ4v) is 3.11. The summed E-state index contributed by atoms with van der Waals surface area (Å²) in [6.45, 7) is 0.871. The third-order valence-corrected chi connectivity index (χ3v) is 4.31. The van der Waals surface area contributed by atoms with Crippen molar-refractivity contribution < 1.29 is 0 Å². The second kappa shape index (κ2) is 6.30. The van der Waals surface area contributed by atoms with E-state index in [-0.39, 0.29) is 0 Å². The maximum absolute atomic E-state index is 5.77. The number of pyridine rings is 1. The Balaban J connectivity index is 1.72. The van der Waals surface area contributed by atoms with Crippen molar-refractivity contribution in [3.8, 4) is 0 Å². The molecule has 0 aliphatic rings. The molecule has 3 rings (SSSR count). The molecule has 0 saturated heterocycles. The molecule has 4 heteroatoms. The van der Waals surface area contributed by atoms with Gasteiger partial charge in [-0.05, 0) is 58.8 Å². The van der Waals surface area contributed by atoms with Crippen LogP contribution in [0.4, 0.5) is 11.4 Å². The van der Waals surface area contributed by atoms with Crippen LogP contribution in [0.2, 0.25) is 0 Å². The van der Waals surface area contributed by atoms with Crippen molar-refractivity contribution in [2.45, 2.75) is 6.42 Å². The van der Waals surface area contributed by atoms with E-state index in [1.165, 1.54) is 10.9 Å². The molecule has 0 spiro atoms. The van der Waals surface area contributed by atoms with E-state index in [0.29, 0.717) is 0 Å². The maximum Gasteiger partial charge on any atom is 0.0734 e. The molecule has 0 aliphatic heterocycles. The Labute approximate surface area is 137 Å². The van der Waals surface area contributed by atoms with Gasteiger partial charge in [0, 0.05) is 33.1 Å². The number of hydrogen-bond acceptors (Lipinski definition) is 3. The molecular formula is C17H16IN3. The van der Waals surface area contributed by atoms with Crippen LogP contribution >= 0.6 is 22.6 Å². The molecule has 0 unspecified atom stereocenters.